The maximum Gasteiger partial charge on any atom is 0.311 e. The fourth-order valence-corrected chi connectivity index (χ4v) is 2.24. The first kappa shape index (κ1) is 11.9. The molecule has 1 aliphatic heterocycles. The molecule has 0 unspecified atom stereocenters. The third kappa shape index (κ3) is 1.40. The number of primary amides is 1. The zero-order valence-electron chi connectivity index (χ0n) is 9.70. The van der Waals surface area contributed by atoms with E-state index in [2.05, 4.69) is 0 Å². The molecule has 0 aliphatic carbocycles. The Labute approximate surface area is 88.8 Å². The van der Waals surface area contributed by atoms with Gasteiger partial charge in [-0.15, -0.1) is 5.06 Å². The standard InChI is InChI=1S/C9H17N3O3/c1-8(2)6(7(10)13)11(14)9(3,4)12(8)15-5/h1-5H3,(H2,10,13). The van der Waals surface area contributed by atoms with E-state index in [0.717, 1.165) is 0 Å². The van der Waals surface area contributed by atoms with Crippen molar-refractivity contribution in [3.05, 3.63) is 5.21 Å². The summed E-state index contributed by atoms with van der Waals surface area (Å²) in [5.41, 5.74) is 3.44. The van der Waals surface area contributed by atoms with Gasteiger partial charge in [0.15, 0.2) is 0 Å². The van der Waals surface area contributed by atoms with E-state index in [1.54, 1.807) is 27.7 Å². The molecule has 0 saturated carbocycles. The Bertz CT molecular complexity index is 333. The van der Waals surface area contributed by atoms with Crippen LogP contribution in [0.2, 0.25) is 0 Å². The quantitative estimate of drug-likeness (QED) is 0.511. The fraction of sp³-hybridized carbons (Fsp3) is 0.778. The smallest absolute Gasteiger partial charge is 0.311 e. The maximum atomic E-state index is 11.9. The Balaban J connectivity index is 3.37. The highest BCUT2D eigenvalue weighted by atomic mass is 16.7. The van der Waals surface area contributed by atoms with Crippen molar-refractivity contribution in [3.8, 4) is 0 Å². The van der Waals surface area contributed by atoms with Gasteiger partial charge in [0.1, 0.15) is 5.54 Å². The second-order valence-corrected chi connectivity index (χ2v) is 4.54. The van der Waals surface area contributed by atoms with Crippen molar-refractivity contribution >= 4 is 11.6 Å². The van der Waals surface area contributed by atoms with E-state index in [1.807, 2.05) is 0 Å². The number of hydrogen-bond donors (Lipinski definition) is 1. The third-order valence-corrected chi connectivity index (χ3v) is 2.70. The van der Waals surface area contributed by atoms with Crippen molar-refractivity contribution in [2.24, 2.45) is 5.73 Å². The monoisotopic (exact) mass is 215 g/mol. The van der Waals surface area contributed by atoms with Crippen molar-refractivity contribution in [2.75, 3.05) is 7.11 Å². The lowest BCUT2D eigenvalue weighted by molar-refractivity contribution is -0.581. The highest BCUT2D eigenvalue weighted by Crippen LogP contribution is 2.33. The summed E-state index contributed by atoms with van der Waals surface area (Å²) < 4.78 is 0.610. The molecule has 0 spiro atoms. The minimum absolute atomic E-state index is 0.00866. The predicted molar refractivity (Wildman–Crippen MR) is 54.8 cm³/mol. The largest absolute Gasteiger partial charge is 0.622 e. The van der Waals surface area contributed by atoms with Crippen LogP contribution in [0.3, 0.4) is 0 Å². The summed E-state index contributed by atoms with van der Waals surface area (Å²) >= 11 is 0. The number of carbonyl (C=O) groups excluding carboxylic acids is 1. The van der Waals surface area contributed by atoms with Gasteiger partial charge in [0.2, 0.25) is 5.66 Å². The van der Waals surface area contributed by atoms with Crippen LogP contribution in [0.4, 0.5) is 0 Å². The minimum atomic E-state index is -0.942. The van der Waals surface area contributed by atoms with Gasteiger partial charge in [-0.3, -0.25) is 9.63 Å². The molecule has 6 heteroatoms. The summed E-state index contributed by atoms with van der Waals surface area (Å²) in [5.74, 6) is -0.720. The molecule has 0 aromatic rings. The van der Waals surface area contributed by atoms with Gasteiger partial charge in [0, 0.05) is 13.8 Å². The molecule has 0 radical (unpaired) electrons. The first-order chi connectivity index (χ1) is 6.67. The molecule has 1 aliphatic rings. The lowest BCUT2D eigenvalue weighted by Gasteiger charge is -2.33. The van der Waals surface area contributed by atoms with Gasteiger partial charge in [-0.2, -0.15) is 4.74 Å². The minimum Gasteiger partial charge on any atom is -0.622 e. The van der Waals surface area contributed by atoms with E-state index < -0.39 is 17.1 Å². The number of carbonyl (C=O) groups is 1. The second kappa shape index (κ2) is 3.18. The average molecular weight is 215 g/mol. The Morgan fingerprint density at radius 3 is 2.13 bits per heavy atom. The van der Waals surface area contributed by atoms with Crippen molar-refractivity contribution in [3.63, 3.8) is 0 Å². The molecule has 1 rings (SSSR count). The number of rotatable bonds is 2. The summed E-state index contributed by atoms with van der Waals surface area (Å²) in [5, 5.41) is 13.4. The summed E-state index contributed by atoms with van der Waals surface area (Å²) in [6, 6.07) is 0. The number of amides is 1. The molecule has 0 fully saturated rings. The van der Waals surface area contributed by atoms with Gasteiger partial charge in [-0.05, 0) is 13.8 Å². The molecule has 2 N–H and O–H groups in total. The molecule has 0 bridgehead atoms. The number of nitrogens with two attached hydrogens (primary N) is 1. The van der Waals surface area contributed by atoms with Crippen LogP contribution in [0.5, 0.6) is 0 Å². The molecule has 0 aromatic heterocycles. The molecule has 15 heavy (non-hydrogen) atoms. The van der Waals surface area contributed by atoms with E-state index in [9.17, 15) is 10.0 Å². The van der Waals surface area contributed by atoms with Crippen LogP contribution in [-0.4, -0.2) is 39.7 Å². The Hall–Kier alpha value is -1.14. The molecule has 0 aromatic carbocycles. The van der Waals surface area contributed by atoms with Crippen LogP contribution in [0.25, 0.3) is 0 Å². The highest BCUT2D eigenvalue weighted by molar-refractivity contribution is 6.39. The molecule has 1 amide bonds. The van der Waals surface area contributed by atoms with Crippen LogP contribution in [-0.2, 0) is 9.63 Å². The van der Waals surface area contributed by atoms with Crippen molar-refractivity contribution in [2.45, 2.75) is 38.9 Å². The lowest BCUT2D eigenvalue weighted by Crippen LogP contribution is -2.54. The number of hydroxylamine groups is 3. The van der Waals surface area contributed by atoms with Crippen LogP contribution in [0, 0.1) is 5.21 Å². The molecular weight excluding hydrogens is 198 g/mol. The van der Waals surface area contributed by atoms with E-state index in [-0.39, 0.29) is 5.71 Å². The fourth-order valence-electron chi connectivity index (χ4n) is 2.24. The topological polar surface area (TPSA) is 81.6 Å². The van der Waals surface area contributed by atoms with Crippen molar-refractivity contribution in [1.29, 1.82) is 0 Å². The van der Waals surface area contributed by atoms with Crippen LogP contribution in [0.15, 0.2) is 0 Å². The van der Waals surface area contributed by atoms with Crippen LogP contribution >= 0.6 is 0 Å². The Morgan fingerprint density at radius 1 is 1.47 bits per heavy atom. The lowest BCUT2D eigenvalue weighted by atomic mass is 9.98. The van der Waals surface area contributed by atoms with E-state index in [1.165, 1.54) is 12.2 Å². The van der Waals surface area contributed by atoms with Crippen LogP contribution < -0.4 is 5.73 Å². The Morgan fingerprint density at radius 2 is 1.93 bits per heavy atom. The highest BCUT2D eigenvalue weighted by Gasteiger charge is 2.59. The van der Waals surface area contributed by atoms with Gasteiger partial charge < -0.3 is 10.9 Å². The summed E-state index contributed by atoms with van der Waals surface area (Å²) in [6.45, 7) is 6.77. The molecule has 6 nitrogen and oxygen atoms in total. The summed E-state index contributed by atoms with van der Waals surface area (Å²) in [4.78, 5) is 16.4. The Kier molecular flexibility index (Phi) is 2.53. The molecule has 0 atom stereocenters. The van der Waals surface area contributed by atoms with Gasteiger partial charge in [0.05, 0.1) is 7.11 Å². The average Bonchev–Trinajstić information content (AvgIpc) is 2.14. The van der Waals surface area contributed by atoms with E-state index in [4.69, 9.17) is 10.6 Å². The van der Waals surface area contributed by atoms with Gasteiger partial charge in [-0.25, -0.2) is 0 Å². The normalized spacial score (nSPS) is 24.6. The zero-order chi connectivity index (χ0) is 12.0. The van der Waals surface area contributed by atoms with Gasteiger partial charge in [-0.1, -0.05) is 0 Å². The number of nitrogens with zero attached hydrogens (tertiary/aromatic N) is 2. The van der Waals surface area contributed by atoms with Crippen molar-refractivity contribution in [1.82, 2.24) is 5.06 Å². The third-order valence-electron chi connectivity index (χ3n) is 2.70. The van der Waals surface area contributed by atoms with E-state index >= 15 is 0 Å². The SMILES string of the molecule is CON1C(C)(C)C(C(N)=O)=[N+]([O-])C1(C)C. The summed E-state index contributed by atoms with van der Waals surface area (Å²) in [6.07, 6.45) is 0. The molecule has 0 saturated heterocycles. The van der Waals surface area contributed by atoms with E-state index in [0.29, 0.717) is 4.74 Å². The molecular formula is C9H17N3O3. The molecule has 86 valence electrons. The molecule has 1 heterocycles. The van der Waals surface area contributed by atoms with Gasteiger partial charge >= 0.3 is 5.91 Å². The first-order valence-corrected chi connectivity index (χ1v) is 4.66. The summed E-state index contributed by atoms with van der Waals surface area (Å²) in [7, 11) is 1.46. The van der Waals surface area contributed by atoms with Crippen molar-refractivity contribution < 1.29 is 14.4 Å². The zero-order valence-corrected chi connectivity index (χ0v) is 9.70. The predicted octanol–water partition coefficient (Wildman–Crippen LogP) is -0.185. The van der Waals surface area contributed by atoms with Crippen LogP contribution in [0.1, 0.15) is 27.7 Å². The number of hydrogen-bond acceptors (Lipinski definition) is 4. The second-order valence-electron chi connectivity index (χ2n) is 4.54. The maximum absolute atomic E-state index is 11.9. The first-order valence-electron chi connectivity index (χ1n) is 4.66. The van der Waals surface area contributed by atoms with Gasteiger partial charge in [0.25, 0.3) is 5.71 Å².